The standard InChI is InChI=1S/C12H16ClNO/c1-9-2-3-10(12(13)6-9)7-14-11-4-5-15-8-11/h2-3,6,11,14H,4-5,7-8H2,1H3. The molecule has 1 aromatic rings. The van der Waals surface area contributed by atoms with Crippen LogP contribution in [0.1, 0.15) is 17.5 Å². The van der Waals surface area contributed by atoms with Gasteiger partial charge in [-0.2, -0.15) is 0 Å². The van der Waals surface area contributed by atoms with Gasteiger partial charge >= 0.3 is 0 Å². The van der Waals surface area contributed by atoms with E-state index in [4.69, 9.17) is 16.3 Å². The Morgan fingerprint density at radius 1 is 1.53 bits per heavy atom. The number of hydrogen-bond acceptors (Lipinski definition) is 2. The Hall–Kier alpha value is -0.570. The monoisotopic (exact) mass is 225 g/mol. The highest BCUT2D eigenvalue weighted by molar-refractivity contribution is 6.31. The molecule has 2 rings (SSSR count). The molecule has 1 aromatic carbocycles. The molecule has 1 unspecified atom stereocenters. The first kappa shape index (κ1) is 10.9. The lowest BCUT2D eigenvalue weighted by Crippen LogP contribution is -2.28. The second kappa shape index (κ2) is 4.97. The zero-order valence-corrected chi connectivity index (χ0v) is 9.68. The summed E-state index contributed by atoms with van der Waals surface area (Å²) in [7, 11) is 0. The van der Waals surface area contributed by atoms with Crippen molar-refractivity contribution in [1.82, 2.24) is 5.32 Å². The molecule has 0 saturated carbocycles. The molecule has 1 N–H and O–H groups in total. The van der Waals surface area contributed by atoms with E-state index in [-0.39, 0.29) is 0 Å². The van der Waals surface area contributed by atoms with Crippen LogP contribution in [0, 0.1) is 6.92 Å². The molecular weight excluding hydrogens is 210 g/mol. The summed E-state index contributed by atoms with van der Waals surface area (Å²) in [6.45, 7) is 4.57. The molecule has 0 spiro atoms. The third kappa shape index (κ3) is 2.94. The lowest BCUT2D eigenvalue weighted by molar-refractivity contribution is 0.190. The van der Waals surface area contributed by atoms with E-state index < -0.39 is 0 Å². The molecule has 82 valence electrons. The number of nitrogens with one attached hydrogen (secondary N) is 1. The minimum atomic E-state index is 0.488. The van der Waals surface area contributed by atoms with Crippen molar-refractivity contribution in [1.29, 1.82) is 0 Å². The van der Waals surface area contributed by atoms with Crippen molar-refractivity contribution in [2.24, 2.45) is 0 Å². The van der Waals surface area contributed by atoms with Gasteiger partial charge in [0.25, 0.3) is 0 Å². The Morgan fingerprint density at radius 3 is 3.07 bits per heavy atom. The zero-order valence-electron chi connectivity index (χ0n) is 8.92. The lowest BCUT2D eigenvalue weighted by Gasteiger charge is -2.11. The first-order valence-corrected chi connectivity index (χ1v) is 5.69. The van der Waals surface area contributed by atoms with Gasteiger partial charge in [-0.3, -0.25) is 0 Å². The maximum absolute atomic E-state index is 6.14. The molecule has 1 heterocycles. The number of ether oxygens (including phenoxy) is 1. The molecule has 0 aromatic heterocycles. The normalized spacial score (nSPS) is 20.8. The Balaban J connectivity index is 1.92. The van der Waals surface area contributed by atoms with Crippen LogP contribution in [0.3, 0.4) is 0 Å². The summed E-state index contributed by atoms with van der Waals surface area (Å²) < 4.78 is 5.30. The van der Waals surface area contributed by atoms with Crippen LogP contribution in [0.25, 0.3) is 0 Å². The van der Waals surface area contributed by atoms with Crippen molar-refractivity contribution in [2.75, 3.05) is 13.2 Å². The van der Waals surface area contributed by atoms with E-state index in [0.29, 0.717) is 6.04 Å². The highest BCUT2D eigenvalue weighted by Crippen LogP contribution is 2.17. The molecule has 1 fully saturated rings. The molecule has 2 nitrogen and oxygen atoms in total. The Labute approximate surface area is 95.6 Å². The molecule has 1 aliphatic rings. The summed E-state index contributed by atoms with van der Waals surface area (Å²) >= 11 is 6.14. The zero-order chi connectivity index (χ0) is 10.7. The second-order valence-electron chi connectivity index (χ2n) is 4.04. The summed E-state index contributed by atoms with van der Waals surface area (Å²) in [5, 5.41) is 4.30. The van der Waals surface area contributed by atoms with Gasteiger partial charge in [-0.15, -0.1) is 0 Å². The summed E-state index contributed by atoms with van der Waals surface area (Å²) in [5.74, 6) is 0. The first-order valence-electron chi connectivity index (χ1n) is 5.32. The van der Waals surface area contributed by atoms with Crippen LogP contribution >= 0.6 is 11.6 Å². The average molecular weight is 226 g/mol. The summed E-state index contributed by atoms with van der Waals surface area (Å²) in [5.41, 5.74) is 2.36. The molecule has 1 atom stereocenters. The van der Waals surface area contributed by atoms with Gasteiger partial charge < -0.3 is 10.1 Å². The van der Waals surface area contributed by atoms with Crippen LogP contribution in [0.2, 0.25) is 5.02 Å². The van der Waals surface area contributed by atoms with Crippen molar-refractivity contribution in [3.05, 3.63) is 34.3 Å². The number of aryl methyl sites for hydroxylation is 1. The minimum Gasteiger partial charge on any atom is -0.380 e. The molecule has 0 aliphatic carbocycles. The quantitative estimate of drug-likeness (QED) is 0.854. The van der Waals surface area contributed by atoms with Crippen molar-refractivity contribution in [2.45, 2.75) is 25.9 Å². The van der Waals surface area contributed by atoms with E-state index in [9.17, 15) is 0 Å². The second-order valence-corrected chi connectivity index (χ2v) is 4.44. The van der Waals surface area contributed by atoms with E-state index in [1.807, 2.05) is 13.0 Å². The molecule has 15 heavy (non-hydrogen) atoms. The van der Waals surface area contributed by atoms with Crippen molar-refractivity contribution < 1.29 is 4.74 Å². The summed E-state index contributed by atoms with van der Waals surface area (Å²) in [6, 6.07) is 6.67. The molecule has 0 bridgehead atoms. The third-order valence-corrected chi connectivity index (χ3v) is 3.07. The van der Waals surface area contributed by atoms with Gasteiger partial charge in [0.1, 0.15) is 0 Å². The van der Waals surface area contributed by atoms with Crippen LogP contribution in [-0.2, 0) is 11.3 Å². The van der Waals surface area contributed by atoms with Gasteiger partial charge in [0.05, 0.1) is 6.61 Å². The predicted octanol–water partition coefficient (Wildman–Crippen LogP) is 2.53. The van der Waals surface area contributed by atoms with E-state index in [1.165, 1.54) is 5.56 Å². The van der Waals surface area contributed by atoms with Crippen molar-refractivity contribution in [3.63, 3.8) is 0 Å². The van der Waals surface area contributed by atoms with Crippen LogP contribution in [0.4, 0.5) is 0 Å². The molecular formula is C12H16ClNO. The molecule has 1 saturated heterocycles. The fraction of sp³-hybridized carbons (Fsp3) is 0.500. The molecule has 0 radical (unpaired) electrons. The SMILES string of the molecule is Cc1ccc(CNC2CCOC2)c(Cl)c1. The van der Waals surface area contributed by atoms with E-state index >= 15 is 0 Å². The smallest absolute Gasteiger partial charge is 0.0620 e. The van der Waals surface area contributed by atoms with Gasteiger partial charge in [-0.05, 0) is 30.5 Å². The van der Waals surface area contributed by atoms with Gasteiger partial charge in [-0.1, -0.05) is 23.7 Å². The predicted molar refractivity (Wildman–Crippen MR) is 62.3 cm³/mol. The van der Waals surface area contributed by atoms with Gasteiger partial charge in [-0.25, -0.2) is 0 Å². The Kier molecular flexibility index (Phi) is 3.62. The van der Waals surface area contributed by atoms with E-state index in [1.54, 1.807) is 0 Å². The lowest BCUT2D eigenvalue weighted by atomic mass is 10.1. The minimum absolute atomic E-state index is 0.488. The number of benzene rings is 1. The fourth-order valence-electron chi connectivity index (χ4n) is 1.75. The van der Waals surface area contributed by atoms with E-state index in [0.717, 1.165) is 36.8 Å². The van der Waals surface area contributed by atoms with Gasteiger partial charge in [0.15, 0.2) is 0 Å². The third-order valence-electron chi connectivity index (χ3n) is 2.72. The average Bonchev–Trinajstić information content (AvgIpc) is 2.69. The largest absolute Gasteiger partial charge is 0.380 e. The Morgan fingerprint density at radius 2 is 2.40 bits per heavy atom. The molecule has 3 heteroatoms. The van der Waals surface area contributed by atoms with Crippen LogP contribution in [-0.4, -0.2) is 19.3 Å². The van der Waals surface area contributed by atoms with Crippen molar-refractivity contribution >= 4 is 11.6 Å². The first-order chi connectivity index (χ1) is 7.25. The highest BCUT2D eigenvalue weighted by atomic mass is 35.5. The topological polar surface area (TPSA) is 21.3 Å². The number of rotatable bonds is 3. The molecule has 1 aliphatic heterocycles. The summed E-state index contributed by atoms with van der Waals surface area (Å²) in [4.78, 5) is 0. The van der Waals surface area contributed by atoms with Crippen LogP contribution < -0.4 is 5.32 Å². The number of halogens is 1. The van der Waals surface area contributed by atoms with E-state index in [2.05, 4.69) is 17.4 Å². The van der Waals surface area contributed by atoms with Crippen LogP contribution in [0.15, 0.2) is 18.2 Å². The number of hydrogen-bond donors (Lipinski definition) is 1. The highest BCUT2D eigenvalue weighted by Gasteiger charge is 2.14. The maximum atomic E-state index is 6.14. The van der Waals surface area contributed by atoms with Crippen molar-refractivity contribution in [3.8, 4) is 0 Å². The Bertz CT molecular complexity index is 334. The van der Waals surface area contributed by atoms with Gasteiger partial charge in [0, 0.05) is 24.2 Å². The van der Waals surface area contributed by atoms with Gasteiger partial charge in [0.2, 0.25) is 0 Å². The maximum Gasteiger partial charge on any atom is 0.0620 e. The van der Waals surface area contributed by atoms with Crippen LogP contribution in [0.5, 0.6) is 0 Å². The molecule has 0 amide bonds. The fourth-order valence-corrected chi connectivity index (χ4v) is 2.05. The summed E-state index contributed by atoms with van der Waals surface area (Å²) in [6.07, 6.45) is 1.10.